The molecular weight excluding hydrogens is 208 g/mol. The first-order chi connectivity index (χ1) is 7.31. The van der Waals surface area contributed by atoms with Crippen molar-refractivity contribution in [2.45, 2.75) is 38.7 Å². The Labute approximate surface area is 94.7 Å². The predicted octanol–water partition coefficient (Wildman–Crippen LogP) is 2.19. The zero-order valence-corrected chi connectivity index (χ0v) is 9.98. The Morgan fingerprint density at radius 2 is 2.47 bits per heavy atom. The lowest BCUT2D eigenvalue weighted by Gasteiger charge is -2.06. The van der Waals surface area contributed by atoms with Gasteiger partial charge in [-0.1, -0.05) is 0 Å². The van der Waals surface area contributed by atoms with Gasteiger partial charge in [0.1, 0.15) is 6.10 Å². The van der Waals surface area contributed by atoms with Crippen LogP contribution in [0, 0.1) is 6.92 Å². The van der Waals surface area contributed by atoms with Gasteiger partial charge in [0.15, 0.2) is 0 Å². The number of hydrogen-bond acceptors (Lipinski definition) is 4. The Kier molecular flexibility index (Phi) is 3.72. The van der Waals surface area contributed by atoms with Gasteiger partial charge in [-0.05, 0) is 32.7 Å². The van der Waals surface area contributed by atoms with Crippen LogP contribution in [-0.2, 0) is 11.2 Å². The number of nitrogens with two attached hydrogens (primary N) is 1. The second kappa shape index (κ2) is 5.05. The first kappa shape index (κ1) is 11.0. The molecule has 4 heteroatoms. The van der Waals surface area contributed by atoms with Crippen molar-refractivity contribution < 1.29 is 4.74 Å². The molecule has 0 saturated carbocycles. The van der Waals surface area contributed by atoms with Crippen molar-refractivity contribution in [2.75, 3.05) is 13.2 Å². The summed E-state index contributed by atoms with van der Waals surface area (Å²) >= 11 is 1.79. The average Bonchev–Trinajstić information content (AvgIpc) is 2.83. The van der Waals surface area contributed by atoms with Gasteiger partial charge in [0.05, 0.1) is 10.7 Å². The van der Waals surface area contributed by atoms with Crippen LogP contribution in [-0.4, -0.2) is 18.1 Å². The van der Waals surface area contributed by atoms with Crippen LogP contribution >= 0.6 is 11.3 Å². The minimum atomic E-state index is 0.257. The Morgan fingerprint density at radius 3 is 3.13 bits per heavy atom. The predicted molar refractivity (Wildman–Crippen MR) is 62.2 cm³/mol. The highest BCUT2D eigenvalue weighted by atomic mass is 32.1. The van der Waals surface area contributed by atoms with Gasteiger partial charge in [0.2, 0.25) is 0 Å². The number of nitrogens with zero attached hydrogens (tertiary/aromatic N) is 1. The SMILES string of the molecule is Cc1sc(CCCN)nc1C1CCCO1. The van der Waals surface area contributed by atoms with Crippen LogP contribution in [0.25, 0.3) is 0 Å². The summed E-state index contributed by atoms with van der Waals surface area (Å²) in [6.45, 7) is 3.77. The van der Waals surface area contributed by atoms with E-state index in [0.717, 1.165) is 32.4 Å². The fourth-order valence-electron chi connectivity index (χ4n) is 1.92. The number of aromatic nitrogens is 1. The van der Waals surface area contributed by atoms with Crippen molar-refractivity contribution in [3.05, 3.63) is 15.6 Å². The number of thiazole rings is 1. The maximum absolute atomic E-state index is 5.66. The van der Waals surface area contributed by atoms with Gasteiger partial charge in [-0.2, -0.15) is 0 Å². The monoisotopic (exact) mass is 226 g/mol. The molecule has 1 atom stereocenters. The molecule has 1 aliphatic heterocycles. The van der Waals surface area contributed by atoms with E-state index >= 15 is 0 Å². The molecule has 3 nitrogen and oxygen atoms in total. The first-order valence-electron chi connectivity index (χ1n) is 5.59. The van der Waals surface area contributed by atoms with E-state index in [-0.39, 0.29) is 6.10 Å². The molecule has 1 unspecified atom stereocenters. The topological polar surface area (TPSA) is 48.1 Å². The molecule has 1 fully saturated rings. The molecule has 0 aliphatic carbocycles. The lowest BCUT2D eigenvalue weighted by Crippen LogP contribution is -2.01. The molecule has 1 aliphatic rings. The minimum Gasteiger partial charge on any atom is -0.372 e. The van der Waals surface area contributed by atoms with E-state index < -0.39 is 0 Å². The van der Waals surface area contributed by atoms with Crippen LogP contribution in [0.3, 0.4) is 0 Å². The van der Waals surface area contributed by atoms with E-state index in [4.69, 9.17) is 10.5 Å². The van der Waals surface area contributed by atoms with Gasteiger partial charge in [-0.3, -0.25) is 0 Å². The zero-order chi connectivity index (χ0) is 10.7. The summed E-state index contributed by atoms with van der Waals surface area (Å²) in [5.41, 5.74) is 6.67. The lowest BCUT2D eigenvalue weighted by molar-refractivity contribution is 0.108. The molecule has 2 heterocycles. The van der Waals surface area contributed by atoms with E-state index in [1.54, 1.807) is 11.3 Å². The Balaban J connectivity index is 2.06. The molecule has 84 valence electrons. The molecule has 2 rings (SSSR count). The summed E-state index contributed by atoms with van der Waals surface area (Å²) in [4.78, 5) is 5.98. The van der Waals surface area contributed by atoms with Gasteiger partial charge >= 0.3 is 0 Å². The maximum atomic E-state index is 5.66. The molecule has 1 saturated heterocycles. The molecule has 0 aromatic carbocycles. The molecule has 1 aromatic rings. The van der Waals surface area contributed by atoms with E-state index in [2.05, 4.69) is 11.9 Å². The summed E-state index contributed by atoms with van der Waals surface area (Å²) in [6, 6.07) is 0. The van der Waals surface area contributed by atoms with Gasteiger partial charge in [-0.15, -0.1) is 11.3 Å². The van der Waals surface area contributed by atoms with Crippen LogP contribution in [0.2, 0.25) is 0 Å². The third-order valence-corrected chi connectivity index (χ3v) is 3.75. The third-order valence-electron chi connectivity index (χ3n) is 2.71. The van der Waals surface area contributed by atoms with Crippen molar-refractivity contribution in [1.82, 2.24) is 4.98 Å². The summed E-state index contributed by atoms with van der Waals surface area (Å²) in [5.74, 6) is 0. The van der Waals surface area contributed by atoms with Crippen LogP contribution in [0.5, 0.6) is 0 Å². The van der Waals surface area contributed by atoms with Crippen molar-refractivity contribution >= 4 is 11.3 Å². The molecule has 0 spiro atoms. The van der Waals surface area contributed by atoms with Crippen LogP contribution in [0.1, 0.15) is 40.9 Å². The number of hydrogen-bond donors (Lipinski definition) is 1. The molecule has 0 radical (unpaired) electrons. The summed E-state index contributed by atoms with van der Waals surface area (Å²) in [7, 11) is 0. The summed E-state index contributed by atoms with van der Waals surface area (Å²) < 4.78 is 5.66. The second-order valence-electron chi connectivity index (χ2n) is 3.94. The Hall–Kier alpha value is -0.450. The highest BCUT2D eigenvalue weighted by Crippen LogP contribution is 2.32. The molecule has 0 amide bonds. The lowest BCUT2D eigenvalue weighted by atomic mass is 10.2. The zero-order valence-electron chi connectivity index (χ0n) is 9.16. The standard InChI is InChI=1S/C11H18N2OS/c1-8-11(9-4-3-7-14-9)13-10(15-8)5-2-6-12/h9H,2-7,12H2,1H3. The Morgan fingerprint density at radius 1 is 1.60 bits per heavy atom. The largest absolute Gasteiger partial charge is 0.372 e. The van der Waals surface area contributed by atoms with Crippen molar-refractivity contribution in [3.63, 3.8) is 0 Å². The normalized spacial score (nSPS) is 21.1. The van der Waals surface area contributed by atoms with Crippen LogP contribution < -0.4 is 5.73 Å². The highest BCUT2D eigenvalue weighted by molar-refractivity contribution is 7.11. The molecule has 0 bridgehead atoms. The van der Waals surface area contributed by atoms with E-state index in [9.17, 15) is 0 Å². The third kappa shape index (κ3) is 2.56. The van der Waals surface area contributed by atoms with Crippen LogP contribution in [0.15, 0.2) is 0 Å². The number of rotatable bonds is 4. The van der Waals surface area contributed by atoms with Crippen molar-refractivity contribution in [2.24, 2.45) is 5.73 Å². The quantitative estimate of drug-likeness (QED) is 0.856. The van der Waals surface area contributed by atoms with Crippen molar-refractivity contribution in [3.8, 4) is 0 Å². The summed E-state index contributed by atoms with van der Waals surface area (Å²) in [5, 5.41) is 1.21. The summed E-state index contributed by atoms with van der Waals surface area (Å²) in [6.07, 6.45) is 4.58. The van der Waals surface area contributed by atoms with E-state index in [0.29, 0.717) is 0 Å². The molecule has 15 heavy (non-hydrogen) atoms. The van der Waals surface area contributed by atoms with Gasteiger partial charge < -0.3 is 10.5 Å². The van der Waals surface area contributed by atoms with E-state index in [1.807, 2.05) is 0 Å². The average molecular weight is 226 g/mol. The highest BCUT2D eigenvalue weighted by Gasteiger charge is 2.22. The number of aryl methyl sites for hydroxylation is 2. The number of ether oxygens (including phenoxy) is 1. The fraction of sp³-hybridized carbons (Fsp3) is 0.727. The molecular formula is C11H18N2OS. The van der Waals surface area contributed by atoms with Crippen LogP contribution in [0.4, 0.5) is 0 Å². The van der Waals surface area contributed by atoms with Crippen molar-refractivity contribution in [1.29, 1.82) is 0 Å². The van der Waals surface area contributed by atoms with Gasteiger partial charge in [0.25, 0.3) is 0 Å². The van der Waals surface area contributed by atoms with Gasteiger partial charge in [0, 0.05) is 17.9 Å². The molecule has 1 aromatic heterocycles. The smallest absolute Gasteiger partial charge is 0.101 e. The van der Waals surface area contributed by atoms with Gasteiger partial charge in [-0.25, -0.2) is 4.98 Å². The molecule has 2 N–H and O–H groups in total. The fourth-order valence-corrected chi connectivity index (χ4v) is 2.94. The maximum Gasteiger partial charge on any atom is 0.101 e. The second-order valence-corrected chi connectivity index (χ2v) is 5.23. The minimum absolute atomic E-state index is 0.257. The first-order valence-corrected chi connectivity index (χ1v) is 6.41. The Bertz CT molecular complexity index is 318. The van der Waals surface area contributed by atoms with E-state index in [1.165, 1.54) is 22.0 Å².